The molecule has 0 saturated heterocycles. The third-order valence-corrected chi connectivity index (χ3v) is 5.33. The number of fused-ring (bicyclic) bond motifs is 2. The zero-order valence-corrected chi connectivity index (χ0v) is 15.0. The van der Waals surface area contributed by atoms with E-state index in [1.165, 1.54) is 16.2 Å². The number of thiazole rings is 1. The van der Waals surface area contributed by atoms with E-state index in [1.54, 1.807) is 6.07 Å². The molecule has 0 spiro atoms. The maximum atomic E-state index is 12.4. The lowest BCUT2D eigenvalue weighted by Crippen LogP contribution is -2.34. The van der Waals surface area contributed by atoms with Crippen molar-refractivity contribution in [3.05, 3.63) is 34.5 Å². The Labute approximate surface area is 156 Å². The summed E-state index contributed by atoms with van der Waals surface area (Å²) in [7, 11) is 0. The minimum Gasteiger partial charge on any atom is -0.465 e. The van der Waals surface area contributed by atoms with Gasteiger partial charge in [-0.1, -0.05) is 0 Å². The zero-order chi connectivity index (χ0) is 19.1. The number of benzene rings is 1. The molecule has 3 aromatic rings. The average molecular weight is 392 g/mol. The van der Waals surface area contributed by atoms with Gasteiger partial charge in [0, 0.05) is 23.4 Å². The Bertz CT molecular complexity index is 1040. The Morgan fingerprint density at radius 3 is 2.93 bits per heavy atom. The van der Waals surface area contributed by atoms with Gasteiger partial charge in [0.2, 0.25) is 5.88 Å². The molecule has 10 heteroatoms. The highest BCUT2D eigenvalue weighted by Gasteiger charge is 2.25. The minimum atomic E-state index is -2.97. The van der Waals surface area contributed by atoms with Crippen LogP contribution in [0.25, 0.3) is 21.6 Å². The number of hydrogen-bond donors (Lipinski definition) is 1. The van der Waals surface area contributed by atoms with Crippen molar-refractivity contribution in [1.82, 2.24) is 19.9 Å². The monoisotopic (exact) mass is 392 g/mol. The first-order valence-electron chi connectivity index (χ1n) is 8.10. The number of carboxylic acid groups (broad SMARTS) is 1. The standard InChI is InChI=1S/C17H14F2N4O3S/c1-8-4-9(14-11(5-8)21-13(6-20-14)26-16(18)19)15-22-10-2-3-23(17(24)25)7-12(10)27-15/h4-6,16H,2-3,7H2,1H3,(H,24,25). The summed E-state index contributed by atoms with van der Waals surface area (Å²) in [5, 5.41) is 9.89. The van der Waals surface area contributed by atoms with Gasteiger partial charge in [0.05, 0.1) is 29.5 Å². The number of nitrogens with zero attached hydrogens (tertiary/aromatic N) is 4. The average Bonchev–Trinajstić information content (AvgIpc) is 3.03. The smallest absolute Gasteiger partial charge is 0.407 e. The molecular weight excluding hydrogens is 378 g/mol. The van der Waals surface area contributed by atoms with E-state index in [9.17, 15) is 18.7 Å². The fourth-order valence-electron chi connectivity index (χ4n) is 3.03. The summed E-state index contributed by atoms with van der Waals surface area (Å²) in [6.07, 6.45) is 0.765. The predicted octanol–water partition coefficient (Wildman–Crippen LogP) is 3.70. The first-order chi connectivity index (χ1) is 12.9. The Hall–Kier alpha value is -2.88. The summed E-state index contributed by atoms with van der Waals surface area (Å²) in [6.45, 7) is -0.382. The first kappa shape index (κ1) is 17.5. The molecule has 2 aromatic heterocycles. The summed E-state index contributed by atoms with van der Waals surface area (Å²) in [4.78, 5) is 26.5. The summed E-state index contributed by atoms with van der Waals surface area (Å²) >= 11 is 1.41. The van der Waals surface area contributed by atoms with Crippen molar-refractivity contribution in [1.29, 1.82) is 0 Å². The molecule has 0 atom stereocenters. The molecule has 1 aromatic carbocycles. The fourth-order valence-corrected chi connectivity index (χ4v) is 4.17. The van der Waals surface area contributed by atoms with Gasteiger partial charge < -0.3 is 14.7 Å². The maximum Gasteiger partial charge on any atom is 0.407 e. The van der Waals surface area contributed by atoms with E-state index in [4.69, 9.17) is 0 Å². The van der Waals surface area contributed by atoms with Crippen LogP contribution < -0.4 is 4.74 Å². The SMILES string of the molecule is Cc1cc(-c2nc3c(s2)CN(C(=O)O)CC3)c2ncc(OC(F)F)nc2c1. The van der Waals surface area contributed by atoms with Crippen molar-refractivity contribution in [2.24, 2.45) is 0 Å². The number of alkyl halides is 2. The number of ether oxygens (including phenoxy) is 1. The van der Waals surface area contributed by atoms with Gasteiger partial charge in [-0.2, -0.15) is 8.78 Å². The summed E-state index contributed by atoms with van der Waals surface area (Å²) in [5.74, 6) is -0.246. The first-order valence-corrected chi connectivity index (χ1v) is 8.91. The van der Waals surface area contributed by atoms with Crippen molar-refractivity contribution >= 4 is 28.5 Å². The van der Waals surface area contributed by atoms with Crippen LogP contribution in [0.4, 0.5) is 13.6 Å². The van der Waals surface area contributed by atoms with E-state index < -0.39 is 12.7 Å². The van der Waals surface area contributed by atoms with Gasteiger partial charge in [0.15, 0.2) is 0 Å². The topological polar surface area (TPSA) is 88.4 Å². The molecule has 27 heavy (non-hydrogen) atoms. The van der Waals surface area contributed by atoms with Gasteiger partial charge in [0.1, 0.15) is 5.01 Å². The van der Waals surface area contributed by atoms with Gasteiger partial charge in [-0.05, 0) is 24.6 Å². The molecule has 3 heterocycles. The number of halogens is 2. The third-order valence-electron chi connectivity index (χ3n) is 4.21. The van der Waals surface area contributed by atoms with Crippen LogP contribution in [-0.2, 0) is 13.0 Å². The zero-order valence-electron chi connectivity index (χ0n) is 14.1. The molecule has 1 aliphatic heterocycles. The highest BCUT2D eigenvalue weighted by molar-refractivity contribution is 7.15. The molecule has 1 aliphatic rings. The van der Waals surface area contributed by atoms with Crippen LogP contribution >= 0.6 is 11.3 Å². The predicted molar refractivity (Wildman–Crippen MR) is 94.2 cm³/mol. The third kappa shape index (κ3) is 3.39. The minimum absolute atomic E-state index is 0.246. The van der Waals surface area contributed by atoms with Crippen LogP contribution in [-0.4, -0.2) is 44.2 Å². The quantitative estimate of drug-likeness (QED) is 0.731. The number of aryl methyl sites for hydroxylation is 1. The lowest BCUT2D eigenvalue weighted by Gasteiger charge is -2.22. The van der Waals surface area contributed by atoms with Crippen molar-refractivity contribution in [3.63, 3.8) is 0 Å². The van der Waals surface area contributed by atoms with Crippen molar-refractivity contribution in [3.8, 4) is 16.5 Å². The molecule has 0 aliphatic carbocycles. The van der Waals surface area contributed by atoms with Gasteiger partial charge in [-0.15, -0.1) is 11.3 Å². The van der Waals surface area contributed by atoms with Crippen molar-refractivity contribution < 1.29 is 23.4 Å². The normalized spacial score (nSPS) is 13.9. The molecule has 0 fully saturated rings. The molecule has 0 bridgehead atoms. The molecule has 0 radical (unpaired) electrons. The Morgan fingerprint density at radius 1 is 1.37 bits per heavy atom. The second-order valence-corrected chi connectivity index (χ2v) is 7.19. The number of aromatic nitrogens is 3. The maximum absolute atomic E-state index is 12.4. The van der Waals surface area contributed by atoms with Gasteiger partial charge in [-0.3, -0.25) is 0 Å². The molecule has 4 rings (SSSR count). The summed E-state index contributed by atoms with van der Waals surface area (Å²) in [6, 6.07) is 3.65. The van der Waals surface area contributed by atoms with Crippen LogP contribution in [0.1, 0.15) is 16.1 Å². The second kappa shape index (κ2) is 6.69. The molecule has 0 saturated carbocycles. The van der Waals surface area contributed by atoms with Crippen LogP contribution in [0.15, 0.2) is 18.3 Å². The van der Waals surface area contributed by atoms with E-state index in [2.05, 4.69) is 19.7 Å². The molecule has 1 amide bonds. The van der Waals surface area contributed by atoms with E-state index in [0.29, 0.717) is 35.6 Å². The van der Waals surface area contributed by atoms with E-state index >= 15 is 0 Å². The van der Waals surface area contributed by atoms with E-state index in [-0.39, 0.29) is 5.88 Å². The number of amides is 1. The van der Waals surface area contributed by atoms with Gasteiger partial charge in [0.25, 0.3) is 0 Å². The lowest BCUT2D eigenvalue weighted by atomic mass is 10.1. The van der Waals surface area contributed by atoms with E-state index in [0.717, 1.165) is 27.9 Å². The molecule has 7 nitrogen and oxygen atoms in total. The van der Waals surface area contributed by atoms with Gasteiger partial charge in [-0.25, -0.2) is 19.7 Å². The summed E-state index contributed by atoms with van der Waals surface area (Å²) < 4.78 is 29.2. The highest BCUT2D eigenvalue weighted by atomic mass is 32.1. The summed E-state index contributed by atoms with van der Waals surface area (Å²) in [5.41, 5.74) is 3.46. The number of hydrogen-bond acceptors (Lipinski definition) is 6. The molecular formula is C17H14F2N4O3S. The van der Waals surface area contributed by atoms with Crippen LogP contribution in [0.2, 0.25) is 0 Å². The lowest BCUT2D eigenvalue weighted by molar-refractivity contribution is -0.0528. The Morgan fingerprint density at radius 2 is 2.19 bits per heavy atom. The molecule has 1 N–H and O–H groups in total. The van der Waals surface area contributed by atoms with Crippen LogP contribution in [0.3, 0.4) is 0 Å². The Kier molecular flexibility index (Phi) is 4.34. The Balaban J connectivity index is 1.77. The van der Waals surface area contributed by atoms with Crippen molar-refractivity contribution in [2.75, 3.05) is 6.54 Å². The van der Waals surface area contributed by atoms with Crippen LogP contribution in [0, 0.1) is 6.92 Å². The molecule has 140 valence electrons. The molecule has 0 unspecified atom stereocenters. The number of rotatable bonds is 3. The number of carbonyl (C=O) groups is 1. The fraction of sp³-hybridized carbons (Fsp3) is 0.294. The second-order valence-electron chi connectivity index (χ2n) is 6.11. The van der Waals surface area contributed by atoms with Crippen molar-refractivity contribution in [2.45, 2.75) is 26.5 Å². The van der Waals surface area contributed by atoms with Crippen LogP contribution in [0.5, 0.6) is 5.88 Å². The van der Waals surface area contributed by atoms with E-state index in [1.807, 2.05) is 13.0 Å². The highest BCUT2D eigenvalue weighted by Crippen LogP contribution is 2.35. The largest absolute Gasteiger partial charge is 0.465 e. The van der Waals surface area contributed by atoms with Gasteiger partial charge >= 0.3 is 12.7 Å².